The quantitative estimate of drug-likeness (QED) is 0.574. The average Bonchev–Trinajstić information content (AvgIpc) is 3.14. The Morgan fingerprint density at radius 3 is 2.32 bits per heavy atom. The smallest absolute Gasteiger partial charge is 0.344 e. The number of nitrogens with one attached hydrogen (secondary N) is 1. The van der Waals surface area contributed by atoms with Crippen molar-refractivity contribution in [2.24, 2.45) is 13.0 Å². The molecule has 2 heterocycles. The first-order chi connectivity index (χ1) is 14.2. The number of aryl methyl sites for hydroxylation is 1. The summed E-state index contributed by atoms with van der Waals surface area (Å²) in [5.74, 6) is -6.45. The van der Waals surface area contributed by atoms with E-state index in [-0.39, 0.29) is 12.2 Å². The van der Waals surface area contributed by atoms with Crippen LogP contribution >= 0.6 is 0 Å². The Labute approximate surface area is 170 Å². The predicted molar refractivity (Wildman–Crippen MR) is 92.1 cm³/mol. The number of amides is 2. The first-order valence-corrected chi connectivity index (χ1v) is 8.74. The van der Waals surface area contributed by atoms with Crippen molar-refractivity contribution >= 4 is 17.5 Å². The van der Waals surface area contributed by atoms with Gasteiger partial charge in [0.15, 0.2) is 0 Å². The zero-order valence-corrected chi connectivity index (χ0v) is 16.0. The lowest BCUT2D eigenvalue weighted by Gasteiger charge is -2.18. The van der Waals surface area contributed by atoms with Gasteiger partial charge in [-0.25, -0.2) is 4.39 Å². The third kappa shape index (κ3) is 4.21. The van der Waals surface area contributed by atoms with Crippen molar-refractivity contribution in [1.29, 1.82) is 0 Å². The molecule has 13 heteroatoms. The Balaban J connectivity index is 1.97. The Hall–Kier alpha value is -3.12. The van der Waals surface area contributed by atoms with Crippen LogP contribution in [0.2, 0.25) is 0 Å². The third-order valence-corrected chi connectivity index (χ3v) is 4.92. The number of carbonyl (C=O) groups is 2. The predicted octanol–water partition coefficient (Wildman–Crippen LogP) is 3.41. The molecule has 6 nitrogen and oxygen atoms in total. The van der Waals surface area contributed by atoms with Gasteiger partial charge in [0.25, 0.3) is 0 Å². The van der Waals surface area contributed by atoms with Crippen LogP contribution in [0.1, 0.15) is 22.9 Å². The number of rotatable bonds is 3. The fraction of sp³-hybridized carbons (Fsp3) is 0.389. The van der Waals surface area contributed by atoms with E-state index >= 15 is 0 Å². The summed E-state index contributed by atoms with van der Waals surface area (Å²) in [5, 5.41) is 5.64. The average molecular weight is 452 g/mol. The van der Waals surface area contributed by atoms with E-state index < -0.39 is 58.8 Å². The molecule has 2 amide bonds. The van der Waals surface area contributed by atoms with E-state index in [9.17, 15) is 40.3 Å². The molecule has 1 N–H and O–H groups in total. The third-order valence-electron chi connectivity index (χ3n) is 4.92. The highest BCUT2D eigenvalue weighted by molar-refractivity contribution is 6.08. The van der Waals surface area contributed by atoms with Crippen LogP contribution in [0.3, 0.4) is 0 Å². The molecular formula is C18H15F7N4O2. The van der Waals surface area contributed by atoms with E-state index in [2.05, 4.69) is 5.10 Å². The van der Waals surface area contributed by atoms with Gasteiger partial charge in [0.2, 0.25) is 11.8 Å². The first kappa shape index (κ1) is 22.6. The number of nitrogens with zero attached hydrogens (tertiary/aromatic N) is 3. The lowest BCUT2D eigenvalue weighted by Crippen LogP contribution is -2.33. The van der Waals surface area contributed by atoms with Crippen LogP contribution in [0.25, 0.3) is 0 Å². The van der Waals surface area contributed by atoms with Crippen molar-refractivity contribution in [2.75, 3.05) is 18.9 Å². The van der Waals surface area contributed by atoms with Gasteiger partial charge >= 0.3 is 12.4 Å². The lowest BCUT2D eigenvalue weighted by atomic mass is 9.91. The van der Waals surface area contributed by atoms with Gasteiger partial charge in [-0.05, 0) is 18.2 Å². The number of benzene rings is 1. The molecule has 1 aliphatic heterocycles. The second-order valence-corrected chi connectivity index (χ2v) is 7.03. The molecule has 0 radical (unpaired) electrons. The zero-order chi connectivity index (χ0) is 23.3. The van der Waals surface area contributed by atoms with Crippen molar-refractivity contribution in [1.82, 2.24) is 14.7 Å². The second-order valence-electron chi connectivity index (χ2n) is 7.03. The molecule has 0 bridgehead atoms. The molecule has 1 aromatic carbocycles. The van der Waals surface area contributed by atoms with E-state index in [1.807, 2.05) is 5.32 Å². The molecule has 0 aliphatic carbocycles. The number of alkyl halides is 6. The van der Waals surface area contributed by atoms with Crippen LogP contribution in [0.4, 0.5) is 36.4 Å². The highest BCUT2D eigenvalue weighted by Gasteiger charge is 2.47. The van der Waals surface area contributed by atoms with E-state index in [1.54, 1.807) is 0 Å². The Morgan fingerprint density at radius 2 is 1.77 bits per heavy atom. The largest absolute Gasteiger partial charge is 0.433 e. The molecular weight excluding hydrogens is 437 g/mol. The fourth-order valence-corrected chi connectivity index (χ4v) is 3.52. The van der Waals surface area contributed by atoms with E-state index in [1.165, 1.54) is 7.05 Å². The fourth-order valence-electron chi connectivity index (χ4n) is 3.52. The maximum Gasteiger partial charge on any atom is 0.433 e. The summed E-state index contributed by atoms with van der Waals surface area (Å²) in [7, 11) is 2.32. The SMILES string of the molecule is CN1C[C@H](c2cc(C(F)(F)F)n(C)n2)[C@@H](C(=O)Nc2cccc(F)c2C(F)(F)F)C1=O. The van der Waals surface area contributed by atoms with Crippen LogP contribution in [0.15, 0.2) is 24.3 Å². The lowest BCUT2D eigenvalue weighted by molar-refractivity contribution is -0.144. The molecule has 0 spiro atoms. The van der Waals surface area contributed by atoms with Gasteiger partial charge in [-0.3, -0.25) is 14.3 Å². The minimum Gasteiger partial charge on any atom is -0.344 e. The number of likely N-dealkylation sites (N-methyl/N-ethyl adjacent to an activating group) is 1. The maximum absolute atomic E-state index is 13.7. The summed E-state index contributed by atoms with van der Waals surface area (Å²) < 4.78 is 93.1. The molecule has 168 valence electrons. The summed E-state index contributed by atoms with van der Waals surface area (Å²) in [5.41, 5.74) is -3.97. The molecule has 2 aromatic rings. The molecule has 31 heavy (non-hydrogen) atoms. The number of anilines is 1. The summed E-state index contributed by atoms with van der Waals surface area (Å²) in [6.45, 7) is -0.180. The van der Waals surface area contributed by atoms with Crippen LogP contribution < -0.4 is 5.32 Å². The highest BCUT2D eigenvalue weighted by Crippen LogP contribution is 2.39. The van der Waals surface area contributed by atoms with Gasteiger partial charge < -0.3 is 10.2 Å². The summed E-state index contributed by atoms with van der Waals surface area (Å²) in [6, 6.07) is 2.99. The van der Waals surface area contributed by atoms with Crippen LogP contribution in [0.5, 0.6) is 0 Å². The summed E-state index contributed by atoms with van der Waals surface area (Å²) in [6.07, 6.45) is -9.87. The highest BCUT2D eigenvalue weighted by atomic mass is 19.4. The normalized spacial score (nSPS) is 19.8. The molecule has 3 rings (SSSR count). The van der Waals surface area contributed by atoms with Crippen LogP contribution in [-0.2, 0) is 29.0 Å². The van der Waals surface area contributed by atoms with E-state index in [4.69, 9.17) is 0 Å². The summed E-state index contributed by atoms with van der Waals surface area (Å²) >= 11 is 0. The van der Waals surface area contributed by atoms with Gasteiger partial charge in [-0.2, -0.15) is 31.4 Å². The number of halogens is 7. The van der Waals surface area contributed by atoms with Crippen molar-refractivity contribution < 1.29 is 40.3 Å². The van der Waals surface area contributed by atoms with Gasteiger partial charge in [0.05, 0.1) is 11.4 Å². The molecule has 0 unspecified atom stereocenters. The van der Waals surface area contributed by atoms with Gasteiger partial charge in [0, 0.05) is 26.6 Å². The monoisotopic (exact) mass is 452 g/mol. The minimum absolute atomic E-state index is 0.180. The first-order valence-electron chi connectivity index (χ1n) is 8.74. The Kier molecular flexibility index (Phi) is 5.48. The number of likely N-dealkylation sites (tertiary alicyclic amines) is 1. The maximum atomic E-state index is 13.7. The second kappa shape index (κ2) is 7.54. The molecule has 1 aliphatic rings. The van der Waals surface area contributed by atoms with E-state index in [0.29, 0.717) is 16.8 Å². The topological polar surface area (TPSA) is 67.2 Å². The molecule has 1 saturated heterocycles. The van der Waals surface area contributed by atoms with Gasteiger partial charge in [0.1, 0.15) is 23.0 Å². The number of carbonyl (C=O) groups excluding carboxylic acids is 2. The standard InChI is InChI=1S/C18H15F7N4O2/c1-28-7-8(11-6-12(17(20,21)22)29(2)27-11)13(16(28)31)15(30)26-10-5-3-4-9(19)14(10)18(23,24)25/h3-6,8,13H,7H2,1-2H3,(H,26,30)/t8-,13+/m1/s1. The van der Waals surface area contributed by atoms with Crippen LogP contribution in [-0.4, -0.2) is 40.1 Å². The van der Waals surface area contributed by atoms with Gasteiger partial charge in [-0.1, -0.05) is 6.07 Å². The van der Waals surface area contributed by atoms with E-state index in [0.717, 1.165) is 24.1 Å². The van der Waals surface area contributed by atoms with Crippen molar-refractivity contribution in [3.63, 3.8) is 0 Å². The molecule has 0 saturated carbocycles. The minimum atomic E-state index is -5.13. The van der Waals surface area contributed by atoms with Crippen molar-refractivity contribution in [2.45, 2.75) is 18.3 Å². The van der Waals surface area contributed by atoms with Crippen LogP contribution in [0, 0.1) is 11.7 Å². The zero-order valence-electron chi connectivity index (χ0n) is 16.0. The van der Waals surface area contributed by atoms with Crippen molar-refractivity contribution in [3.8, 4) is 0 Å². The number of hydrogen-bond donors (Lipinski definition) is 1. The van der Waals surface area contributed by atoms with Crippen molar-refractivity contribution in [3.05, 3.63) is 47.0 Å². The molecule has 2 atom stereocenters. The summed E-state index contributed by atoms with van der Waals surface area (Å²) in [4.78, 5) is 26.3. The molecule has 1 fully saturated rings. The number of hydrogen-bond acceptors (Lipinski definition) is 3. The number of aromatic nitrogens is 2. The Bertz CT molecular complexity index is 1030. The molecule has 1 aromatic heterocycles. The van der Waals surface area contributed by atoms with Gasteiger partial charge in [-0.15, -0.1) is 0 Å². The Morgan fingerprint density at radius 1 is 1.13 bits per heavy atom.